The lowest BCUT2D eigenvalue weighted by atomic mass is 9.66. The minimum Gasteiger partial charge on any atom is -0.465 e. The molecular formula is C30H46O6. The monoisotopic (exact) mass is 502 g/mol. The third-order valence-corrected chi connectivity index (χ3v) is 7.94. The number of hydrogen-bond acceptors (Lipinski definition) is 6. The number of aliphatic hydroxyl groups is 2. The van der Waals surface area contributed by atoms with Gasteiger partial charge < -0.3 is 24.4 Å². The molecule has 1 aromatic carbocycles. The van der Waals surface area contributed by atoms with E-state index in [1.165, 1.54) is 12.7 Å². The quantitative estimate of drug-likeness (QED) is 0.365. The summed E-state index contributed by atoms with van der Waals surface area (Å²) < 4.78 is 17.1. The molecule has 1 aliphatic heterocycles. The molecule has 6 nitrogen and oxygen atoms in total. The summed E-state index contributed by atoms with van der Waals surface area (Å²) in [5.74, 6) is 0.0114. The summed E-state index contributed by atoms with van der Waals surface area (Å²) >= 11 is 0. The van der Waals surface area contributed by atoms with Crippen molar-refractivity contribution >= 4 is 5.97 Å². The van der Waals surface area contributed by atoms with Gasteiger partial charge in [-0.05, 0) is 74.1 Å². The molecule has 0 saturated carbocycles. The first kappa shape index (κ1) is 28.8. The summed E-state index contributed by atoms with van der Waals surface area (Å²) in [5, 5.41) is 22.4. The summed E-state index contributed by atoms with van der Waals surface area (Å²) in [5.41, 5.74) is 2.81. The number of aliphatic hydroxyl groups excluding tert-OH is 1. The molecule has 36 heavy (non-hydrogen) atoms. The van der Waals surface area contributed by atoms with E-state index in [0.717, 1.165) is 30.4 Å². The predicted molar refractivity (Wildman–Crippen MR) is 141 cm³/mol. The highest BCUT2D eigenvalue weighted by Crippen LogP contribution is 2.48. The normalized spacial score (nSPS) is 26.6. The van der Waals surface area contributed by atoms with Crippen LogP contribution in [0.3, 0.4) is 0 Å². The lowest BCUT2D eigenvalue weighted by Gasteiger charge is -2.44. The van der Waals surface area contributed by atoms with E-state index in [-0.39, 0.29) is 30.0 Å². The Balaban J connectivity index is 2.08. The van der Waals surface area contributed by atoms with Crippen molar-refractivity contribution in [3.8, 4) is 0 Å². The second-order valence-electron chi connectivity index (χ2n) is 11.4. The number of allylic oxidation sites excluding steroid dienone is 1. The van der Waals surface area contributed by atoms with Gasteiger partial charge in [0.1, 0.15) is 5.60 Å². The molecule has 2 aliphatic rings. The number of esters is 1. The van der Waals surface area contributed by atoms with E-state index in [1.807, 2.05) is 31.2 Å². The SMILES string of the molecule is CCC(O)CCC(C1=C2CCOCC(C)(C)COCC2(O)CCC1CC)c1ccc(C(=O)OC)cc1. The number of benzene rings is 1. The summed E-state index contributed by atoms with van der Waals surface area (Å²) in [6, 6.07) is 7.62. The van der Waals surface area contributed by atoms with Crippen molar-refractivity contribution in [2.75, 3.05) is 33.5 Å². The van der Waals surface area contributed by atoms with Crippen LogP contribution in [-0.2, 0) is 14.2 Å². The molecule has 0 amide bonds. The molecule has 1 heterocycles. The number of carbonyl (C=O) groups excluding carboxylic acids is 1. The Hall–Kier alpha value is -1.73. The molecule has 0 radical (unpaired) electrons. The minimum atomic E-state index is -1.02. The summed E-state index contributed by atoms with van der Waals surface area (Å²) in [4.78, 5) is 12.0. The van der Waals surface area contributed by atoms with Crippen LogP contribution in [-0.4, -0.2) is 61.4 Å². The van der Waals surface area contributed by atoms with Crippen molar-refractivity contribution in [2.24, 2.45) is 11.3 Å². The summed E-state index contributed by atoms with van der Waals surface area (Å²) in [6.07, 6.45) is 5.00. The van der Waals surface area contributed by atoms with Gasteiger partial charge in [0.2, 0.25) is 0 Å². The van der Waals surface area contributed by atoms with Gasteiger partial charge in [-0.25, -0.2) is 4.79 Å². The van der Waals surface area contributed by atoms with Gasteiger partial charge in [0, 0.05) is 11.3 Å². The van der Waals surface area contributed by atoms with Crippen molar-refractivity contribution in [1.82, 2.24) is 0 Å². The van der Waals surface area contributed by atoms with Crippen LogP contribution < -0.4 is 0 Å². The molecule has 6 heteroatoms. The Morgan fingerprint density at radius 2 is 1.81 bits per heavy atom. The van der Waals surface area contributed by atoms with E-state index in [4.69, 9.17) is 14.2 Å². The van der Waals surface area contributed by atoms with Crippen molar-refractivity contribution < 1.29 is 29.2 Å². The maximum Gasteiger partial charge on any atom is 0.337 e. The zero-order valence-electron chi connectivity index (χ0n) is 22.8. The van der Waals surface area contributed by atoms with Crippen molar-refractivity contribution in [3.63, 3.8) is 0 Å². The fourth-order valence-electron chi connectivity index (χ4n) is 5.78. The standard InChI is InChI=1S/C30H46O6/c1-6-21-14-16-30(33)20-36-19-29(3,4)18-35-17-15-26(30)27(21)25(13-12-24(31)7-2)22-8-10-23(11-9-22)28(32)34-5/h8-11,21,24-25,31,33H,6-7,12-20H2,1-5H3. The van der Waals surface area contributed by atoms with Crippen molar-refractivity contribution in [2.45, 2.75) is 90.3 Å². The largest absolute Gasteiger partial charge is 0.465 e. The van der Waals surface area contributed by atoms with Crippen LogP contribution in [0.25, 0.3) is 0 Å². The van der Waals surface area contributed by atoms with E-state index in [9.17, 15) is 15.0 Å². The van der Waals surface area contributed by atoms with E-state index in [0.29, 0.717) is 57.0 Å². The van der Waals surface area contributed by atoms with Gasteiger partial charge >= 0.3 is 5.97 Å². The molecule has 202 valence electrons. The third-order valence-electron chi connectivity index (χ3n) is 7.94. The highest BCUT2D eigenvalue weighted by atomic mass is 16.5. The van der Waals surface area contributed by atoms with Gasteiger partial charge in [-0.15, -0.1) is 0 Å². The predicted octanol–water partition coefficient (Wildman–Crippen LogP) is 5.42. The number of hydrogen-bond donors (Lipinski definition) is 2. The van der Waals surface area contributed by atoms with Crippen LogP contribution >= 0.6 is 0 Å². The molecule has 0 bridgehead atoms. The summed E-state index contributed by atoms with van der Waals surface area (Å²) in [7, 11) is 1.39. The van der Waals surface area contributed by atoms with Crippen LogP contribution in [0.4, 0.5) is 0 Å². The van der Waals surface area contributed by atoms with Crippen molar-refractivity contribution in [3.05, 3.63) is 46.5 Å². The lowest BCUT2D eigenvalue weighted by Crippen LogP contribution is -2.44. The fraction of sp³-hybridized carbons (Fsp3) is 0.700. The minimum absolute atomic E-state index is 0.0315. The molecule has 3 rings (SSSR count). The Kier molecular flexibility index (Phi) is 10.2. The molecule has 1 fully saturated rings. The molecule has 2 N–H and O–H groups in total. The number of methoxy groups -OCH3 is 1. The maximum absolute atomic E-state index is 12.0. The molecule has 4 unspecified atom stereocenters. The number of rotatable bonds is 8. The topological polar surface area (TPSA) is 85.2 Å². The Bertz CT molecular complexity index is 889. The van der Waals surface area contributed by atoms with Crippen molar-refractivity contribution in [1.29, 1.82) is 0 Å². The number of fused-ring (bicyclic) bond motifs is 1. The number of ether oxygens (including phenoxy) is 3. The second kappa shape index (κ2) is 12.7. The van der Waals surface area contributed by atoms with Crippen LogP contribution in [0, 0.1) is 11.3 Å². The van der Waals surface area contributed by atoms with Gasteiger partial charge in [-0.2, -0.15) is 0 Å². The first-order valence-electron chi connectivity index (χ1n) is 13.6. The number of carbonyl (C=O) groups is 1. The first-order valence-corrected chi connectivity index (χ1v) is 13.6. The Morgan fingerprint density at radius 1 is 1.11 bits per heavy atom. The van der Waals surface area contributed by atoms with Gasteiger partial charge in [-0.1, -0.05) is 45.4 Å². The van der Waals surface area contributed by atoms with Gasteiger partial charge in [0.05, 0.1) is 45.2 Å². The first-order chi connectivity index (χ1) is 17.1. The highest BCUT2D eigenvalue weighted by molar-refractivity contribution is 5.89. The molecule has 1 aliphatic carbocycles. The van der Waals surface area contributed by atoms with Gasteiger partial charge in [0.25, 0.3) is 0 Å². The second-order valence-corrected chi connectivity index (χ2v) is 11.4. The van der Waals surface area contributed by atoms with Gasteiger partial charge in [0.15, 0.2) is 0 Å². The molecule has 4 atom stereocenters. The Morgan fingerprint density at radius 3 is 2.44 bits per heavy atom. The Labute approximate surface area is 217 Å². The van der Waals surface area contributed by atoms with E-state index < -0.39 is 5.60 Å². The van der Waals surface area contributed by atoms with E-state index >= 15 is 0 Å². The van der Waals surface area contributed by atoms with E-state index in [1.54, 1.807) is 0 Å². The molecule has 1 saturated heterocycles. The van der Waals surface area contributed by atoms with Crippen LogP contribution in [0.1, 0.15) is 94.5 Å². The lowest BCUT2D eigenvalue weighted by molar-refractivity contribution is -0.0792. The third kappa shape index (κ3) is 6.97. The van der Waals surface area contributed by atoms with Crippen LogP contribution in [0.5, 0.6) is 0 Å². The average Bonchev–Trinajstić information content (AvgIpc) is 2.87. The highest BCUT2D eigenvalue weighted by Gasteiger charge is 2.43. The smallest absolute Gasteiger partial charge is 0.337 e. The van der Waals surface area contributed by atoms with Crippen LogP contribution in [0.2, 0.25) is 0 Å². The van der Waals surface area contributed by atoms with Gasteiger partial charge in [-0.3, -0.25) is 0 Å². The van der Waals surface area contributed by atoms with Crippen LogP contribution in [0.15, 0.2) is 35.4 Å². The fourth-order valence-corrected chi connectivity index (χ4v) is 5.78. The molecule has 1 aromatic rings. The maximum atomic E-state index is 12.0. The molecule has 0 aromatic heterocycles. The molecule has 0 spiro atoms. The van der Waals surface area contributed by atoms with E-state index in [2.05, 4.69) is 20.8 Å². The summed E-state index contributed by atoms with van der Waals surface area (Å²) in [6.45, 7) is 10.5. The molecular weight excluding hydrogens is 456 g/mol. The zero-order chi connectivity index (χ0) is 26.3. The average molecular weight is 503 g/mol. The zero-order valence-corrected chi connectivity index (χ0v) is 22.8.